The Balaban J connectivity index is 1.53. The van der Waals surface area contributed by atoms with Gasteiger partial charge in [-0.2, -0.15) is 0 Å². The smallest absolute Gasteiger partial charge is 0.374 e. The van der Waals surface area contributed by atoms with Gasteiger partial charge in [0.1, 0.15) is 12.7 Å². The normalized spacial score (nSPS) is 18.6. The van der Waals surface area contributed by atoms with Gasteiger partial charge in [-0.1, -0.05) is 91.0 Å². The van der Waals surface area contributed by atoms with Crippen molar-refractivity contribution in [3.63, 3.8) is 0 Å². The van der Waals surface area contributed by atoms with Crippen LogP contribution in [-0.4, -0.2) is 12.1 Å². The van der Waals surface area contributed by atoms with Crippen molar-refractivity contribution in [2.75, 3.05) is 0 Å². The monoisotopic (exact) mass is 386 g/mol. The van der Waals surface area contributed by atoms with Crippen LogP contribution in [0.1, 0.15) is 22.8 Å². The molecule has 1 aliphatic heterocycles. The summed E-state index contributed by atoms with van der Waals surface area (Å²) in [5.41, 5.74) is 2.92. The number of hydrogen-bond donors (Lipinski definition) is 0. The molecule has 146 valence electrons. The molecule has 0 unspecified atom stereocenters. The van der Waals surface area contributed by atoms with E-state index in [0.29, 0.717) is 13.2 Å². The second-order valence-corrected chi connectivity index (χ2v) is 6.80. The Morgan fingerprint density at radius 1 is 0.724 bits per heavy atom. The average Bonchev–Trinajstić information content (AvgIpc) is 2.79. The third-order valence-corrected chi connectivity index (χ3v) is 4.70. The van der Waals surface area contributed by atoms with Crippen molar-refractivity contribution in [2.45, 2.75) is 25.4 Å². The molecule has 0 saturated carbocycles. The molecule has 1 aliphatic rings. The van der Waals surface area contributed by atoms with Gasteiger partial charge in [-0.3, -0.25) is 0 Å². The molecule has 1 heterocycles. The average molecular weight is 386 g/mol. The Kier molecular flexibility index (Phi) is 6.03. The molecule has 3 aromatic carbocycles. The van der Waals surface area contributed by atoms with Gasteiger partial charge in [-0.25, -0.2) is 4.79 Å². The van der Waals surface area contributed by atoms with Gasteiger partial charge in [-0.15, -0.1) is 0 Å². The highest BCUT2D eigenvalue weighted by Crippen LogP contribution is 2.31. The number of rotatable bonds is 7. The van der Waals surface area contributed by atoms with Crippen LogP contribution < -0.4 is 0 Å². The second kappa shape index (κ2) is 9.22. The largest absolute Gasteiger partial charge is 0.482 e. The van der Waals surface area contributed by atoms with Crippen molar-refractivity contribution in [1.29, 1.82) is 0 Å². The minimum Gasteiger partial charge on any atom is -0.482 e. The van der Waals surface area contributed by atoms with Crippen LogP contribution in [0, 0.1) is 0 Å². The number of ether oxygens (including phenoxy) is 3. The quantitative estimate of drug-likeness (QED) is 0.538. The molecule has 0 aliphatic carbocycles. The van der Waals surface area contributed by atoms with E-state index in [4.69, 9.17) is 14.2 Å². The predicted octanol–water partition coefficient (Wildman–Crippen LogP) is 4.97. The van der Waals surface area contributed by atoms with Crippen LogP contribution in [0.15, 0.2) is 103 Å². The van der Waals surface area contributed by atoms with Gasteiger partial charge in [0, 0.05) is 0 Å². The van der Waals surface area contributed by atoms with Gasteiger partial charge in [0.2, 0.25) is 5.76 Å². The predicted molar refractivity (Wildman–Crippen MR) is 110 cm³/mol. The van der Waals surface area contributed by atoms with Crippen LogP contribution in [0.25, 0.3) is 0 Å². The van der Waals surface area contributed by atoms with Gasteiger partial charge in [0.25, 0.3) is 0 Å². The van der Waals surface area contributed by atoms with E-state index in [9.17, 15) is 4.79 Å². The fourth-order valence-corrected chi connectivity index (χ4v) is 3.19. The maximum Gasteiger partial charge on any atom is 0.374 e. The lowest BCUT2D eigenvalue weighted by Gasteiger charge is -2.30. The third kappa shape index (κ3) is 4.92. The van der Waals surface area contributed by atoms with Gasteiger partial charge in [0.05, 0.1) is 6.61 Å². The number of carbonyl (C=O) groups is 1. The van der Waals surface area contributed by atoms with E-state index in [1.807, 2.05) is 91.0 Å². The number of benzene rings is 3. The first-order valence-corrected chi connectivity index (χ1v) is 9.59. The molecule has 0 spiro atoms. The SMILES string of the molecule is O=C1O[C@H](c2ccccc2)[C@H](OCc2ccccc2)C=C1OCc1ccccc1. The summed E-state index contributed by atoms with van der Waals surface area (Å²) >= 11 is 0. The van der Waals surface area contributed by atoms with E-state index >= 15 is 0 Å². The molecule has 0 aromatic heterocycles. The van der Waals surface area contributed by atoms with Crippen molar-refractivity contribution in [2.24, 2.45) is 0 Å². The summed E-state index contributed by atoms with van der Waals surface area (Å²) in [6, 6.07) is 29.2. The van der Waals surface area contributed by atoms with Crippen LogP contribution in [0.4, 0.5) is 0 Å². The van der Waals surface area contributed by atoms with Crippen molar-refractivity contribution in [3.8, 4) is 0 Å². The summed E-state index contributed by atoms with van der Waals surface area (Å²) in [6.45, 7) is 0.706. The van der Waals surface area contributed by atoms with Crippen molar-refractivity contribution >= 4 is 5.97 Å². The molecule has 0 fully saturated rings. The zero-order valence-corrected chi connectivity index (χ0v) is 15.9. The maximum absolute atomic E-state index is 12.5. The summed E-state index contributed by atoms with van der Waals surface area (Å²) in [5.74, 6) is -0.298. The van der Waals surface area contributed by atoms with E-state index in [1.54, 1.807) is 6.08 Å². The lowest BCUT2D eigenvalue weighted by molar-refractivity contribution is -0.160. The fourth-order valence-electron chi connectivity index (χ4n) is 3.19. The highest BCUT2D eigenvalue weighted by molar-refractivity contribution is 5.87. The van der Waals surface area contributed by atoms with Crippen LogP contribution >= 0.6 is 0 Å². The molecule has 0 N–H and O–H groups in total. The molecule has 0 amide bonds. The van der Waals surface area contributed by atoms with Crippen molar-refractivity contribution < 1.29 is 19.0 Å². The summed E-state index contributed by atoms with van der Waals surface area (Å²) in [4.78, 5) is 12.5. The molecule has 29 heavy (non-hydrogen) atoms. The van der Waals surface area contributed by atoms with E-state index < -0.39 is 18.2 Å². The highest BCUT2D eigenvalue weighted by atomic mass is 16.6. The summed E-state index contributed by atoms with van der Waals surface area (Å²) in [7, 11) is 0. The van der Waals surface area contributed by atoms with Crippen LogP contribution in [-0.2, 0) is 32.2 Å². The number of carbonyl (C=O) groups excluding carboxylic acids is 1. The number of hydrogen-bond acceptors (Lipinski definition) is 4. The molecule has 0 bridgehead atoms. The molecule has 4 nitrogen and oxygen atoms in total. The highest BCUT2D eigenvalue weighted by Gasteiger charge is 2.34. The lowest BCUT2D eigenvalue weighted by Crippen LogP contribution is -2.32. The first-order valence-electron chi connectivity index (χ1n) is 9.59. The number of esters is 1. The first-order chi connectivity index (χ1) is 14.3. The van der Waals surface area contributed by atoms with E-state index in [0.717, 1.165) is 16.7 Å². The van der Waals surface area contributed by atoms with Crippen molar-refractivity contribution in [1.82, 2.24) is 0 Å². The van der Waals surface area contributed by atoms with E-state index in [1.165, 1.54) is 0 Å². The van der Waals surface area contributed by atoms with Gasteiger partial charge in [0.15, 0.2) is 6.10 Å². The fraction of sp³-hybridized carbons (Fsp3) is 0.160. The van der Waals surface area contributed by atoms with Crippen LogP contribution in [0.3, 0.4) is 0 Å². The van der Waals surface area contributed by atoms with Gasteiger partial charge in [-0.05, 0) is 22.8 Å². The molecule has 2 atom stereocenters. The van der Waals surface area contributed by atoms with E-state index in [2.05, 4.69) is 0 Å². The minimum atomic E-state index is -0.517. The zero-order chi connectivity index (χ0) is 19.9. The maximum atomic E-state index is 12.5. The Bertz CT molecular complexity index is 952. The minimum absolute atomic E-state index is 0.180. The van der Waals surface area contributed by atoms with E-state index in [-0.39, 0.29) is 5.76 Å². The lowest BCUT2D eigenvalue weighted by atomic mass is 10.0. The zero-order valence-electron chi connectivity index (χ0n) is 15.9. The standard InChI is InChI=1S/C25H22O4/c26-25-23(28-18-20-12-6-2-7-13-20)16-22(27-17-19-10-4-1-5-11-19)24(29-25)21-14-8-3-9-15-21/h1-16,22,24H,17-18H2/t22-,24-/m1/s1. The number of cyclic esters (lactones) is 1. The third-order valence-electron chi connectivity index (χ3n) is 4.70. The van der Waals surface area contributed by atoms with Gasteiger partial charge < -0.3 is 14.2 Å². The molecular weight excluding hydrogens is 364 g/mol. The summed E-state index contributed by atoms with van der Waals surface area (Å²) in [6.07, 6.45) is 0.771. The van der Waals surface area contributed by atoms with Crippen LogP contribution in [0.5, 0.6) is 0 Å². The summed E-state index contributed by atoms with van der Waals surface area (Å²) < 4.78 is 17.6. The summed E-state index contributed by atoms with van der Waals surface area (Å²) in [5, 5.41) is 0. The van der Waals surface area contributed by atoms with Crippen molar-refractivity contribution in [3.05, 3.63) is 120 Å². The Morgan fingerprint density at radius 2 is 1.28 bits per heavy atom. The molecule has 3 aromatic rings. The van der Waals surface area contributed by atoms with Crippen LogP contribution in [0.2, 0.25) is 0 Å². The molecule has 0 radical (unpaired) electrons. The Morgan fingerprint density at radius 3 is 1.90 bits per heavy atom. The van der Waals surface area contributed by atoms with Gasteiger partial charge >= 0.3 is 5.97 Å². The molecule has 4 heteroatoms. The first kappa shape index (κ1) is 19.0. The Hall–Kier alpha value is -3.37. The topological polar surface area (TPSA) is 44.8 Å². The second-order valence-electron chi connectivity index (χ2n) is 6.80. The molecular formula is C25H22O4. The molecule has 4 rings (SSSR count). The Labute approximate surface area is 170 Å². The molecule has 0 saturated heterocycles.